The maximum absolute atomic E-state index is 12.9. The first-order chi connectivity index (χ1) is 15.2. The number of aromatic amines is 1. The number of hydrogen-bond donors (Lipinski definition) is 3. The fraction of sp³-hybridized carbons (Fsp3) is 0.417. The molecule has 1 fully saturated rings. The molecule has 0 radical (unpaired) electrons. The van der Waals surface area contributed by atoms with E-state index in [1.807, 2.05) is 24.0 Å². The van der Waals surface area contributed by atoms with Crippen LogP contribution in [0.25, 0.3) is 10.9 Å². The molecule has 1 aromatic carbocycles. The van der Waals surface area contributed by atoms with Gasteiger partial charge < -0.3 is 20.5 Å². The summed E-state index contributed by atoms with van der Waals surface area (Å²) in [6.07, 6.45) is 4.44. The van der Waals surface area contributed by atoms with Gasteiger partial charge in [0.1, 0.15) is 0 Å². The van der Waals surface area contributed by atoms with Crippen molar-refractivity contribution in [2.24, 2.45) is 5.92 Å². The second kappa shape index (κ2) is 10.0. The number of likely N-dealkylation sites (tertiary alicyclic amines) is 1. The van der Waals surface area contributed by atoms with Gasteiger partial charge in [-0.3, -0.25) is 4.79 Å². The molecule has 1 saturated heterocycles. The second-order valence-corrected chi connectivity index (χ2v) is 9.08. The molecule has 6 nitrogen and oxygen atoms in total. The number of piperidine rings is 1. The maximum atomic E-state index is 12.9. The highest BCUT2D eigenvalue weighted by Gasteiger charge is 2.28. The summed E-state index contributed by atoms with van der Waals surface area (Å²) in [5.41, 5.74) is 2.30. The largest absolute Gasteiger partial charge is 0.361 e. The van der Waals surface area contributed by atoms with Gasteiger partial charge >= 0.3 is 6.03 Å². The normalized spacial score (nSPS) is 15.7. The number of thiophene rings is 1. The Morgan fingerprint density at radius 1 is 1.16 bits per heavy atom. The molecule has 0 spiro atoms. The van der Waals surface area contributed by atoms with Crippen LogP contribution in [-0.4, -0.2) is 48.0 Å². The van der Waals surface area contributed by atoms with E-state index in [1.54, 1.807) is 11.3 Å². The fourth-order valence-corrected chi connectivity index (χ4v) is 5.12. The van der Waals surface area contributed by atoms with Gasteiger partial charge in [0, 0.05) is 60.0 Å². The Hall–Kier alpha value is -2.80. The molecule has 0 aliphatic carbocycles. The van der Waals surface area contributed by atoms with E-state index < -0.39 is 0 Å². The van der Waals surface area contributed by atoms with Gasteiger partial charge in [-0.1, -0.05) is 31.2 Å². The minimum Gasteiger partial charge on any atom is -0.361 e. The van der Waals surface area contributed by atoms with Crippen molar-refractivity contribution in [2.45, 2.75) is 32.1 Å². The van der Waals surface area contributed by atoms with Crippen LogP contribution in [0.2, 0.25) is 0 Å². The zero-order valence-electron chi connectivity index (χ0n) is 17.9. The van der Waals surface area contributed by atoms with Crippen molar-refractivity contribution in [2.75, 3.05) is 26.2 Å². The van der Waals surface area contributed by atoms with Gasteiger partial charge in [-0.25, -0.2) is 4.79 Å². The van der Waals surface area contributed by atoms with Crippen molar-refractivity contribution in [1.82, 2.24) is 20.5 Å². The van der Waals surface area contributed by atoms with E-state index in [9.17, 15) is 9.59 Å². The Kier molecular flexibility index (Phi) is 6.92. The number of H-pyrrole nitrogens is 1. The number of carbonyl (C=O) groups excluding carboxylic acids is 2. The lowest BCUT2D eigenvalue weighted by Crippen LogP contribution is -2.47. The topological polar surface area (TPSA) is 77.2 Å². The van der Waals surface area contributed by atoms with Gasteiger partial charge in [0.25, 0.3) is 0 Å². The Labute approximate surface area is 187 Å². The minimum absolute atomic E-state index is 0.0145. The first-order valence-electron chi connectivity index (χ1n) is 11.1. The van der Waals surface area contributed by atoms with E-state index in [1.165, 1.54) is 15.8 Å². The standard InChI is InChI=1S/C24H30N4O2S/c1-2-11-25-23(29)17-9-12-28(13-10-17)24(30)27-16-20(22-8-5-14-31-22)19-15-26-21-7-4-3-6-18(19)21/h3-8,14-15,17,20,26H,2,9-13,16H2,1H3,(H,25,29)(H,27,30)/t20-/m0/s1. The third kappa shape index (κ3) is 4.93. The zero-order valence-corrected chi connectivity index (χ0v) is 18.7. The van der Waals surface area contributed by atoms with Crippen molar-refractivity contribution in [3.63, 3.8) is 0 Å². The number of rotatable bonds is 7. The highest BCUT2D eigenvalue weighted by Crippen LogP contribution is 2.33. The predicted octanol–water partition coefficient (Wildman–Crippen LogP) is 4.31. The van der Waals surface area contributed by atoms with Crippen molar-refractivity contribution < 1.29 is 9.59 Å². The Morgan fingerprint density at radius 2 is 1.97 bits per heavy atom. The van der Waals surface area contributed by atoms with Crippen LogP contribution < -0.4 is 10.6 Å². The molecule has 1 atom stereocenters. The van der Waals surface area contributed by atoms with Crippen LogP contribution in [0.5, 0.6) is 0 Å². The van der Waals surface area contributed by atoms with Gasteiger partial charge in [-0.2, -0.15) is 0 Å². The van der Waals surface area contributed by atoms with Gasteiger partial charge in [-0.05, 0) is 42.3 Å². The number of carbonyl (C=O) groups is 2. The summed E-state index contributed by atoms with van der Waals surface area (Å²) in [5.74, 6) is 0.233. The molecule has 3 amide bonds. The Bertz CT molecular complexity index is 1010. The summed E-state index contributed by atoms with van der Waals surface area (Å²) >= 11 is 1.71. The van der Waals surface area contributed by atoms with Gasteiger partial charge in [0.15, 0.2) is 0 Å². The molecule has 1 aliphatic rings. The van der Waals surface area contributed by atoms with Crippen LogP contribution in [0.4, 0.5) is 4.79 Å². The molecule has 31 heavy (non-hydrogen) atoms. The summed E-state index contributed by atoms with van der Waals surface area (Å²) in [6, 6.07) is 12.4. The molecule has 2 aromatic heterocycles. The number of para-hydroxylation sites is 1. The highest BCUT2D eigenvalue weighted by molar-refractivity contribution is 7.10. The molecule has 3 aromatic rings. The summed E-state index contributed by atoms with van der Waals surface area (Å²) in [7, 11) is 0. The number of nitrogens with zero attached hydrogens (tertiary/aromatic N) is 1. The zero-order chi connectivity index (χ0) is 21.6. The van der Waals surface area contributed by atoms with E-state index in [2.05, 4.69) is 51.5 Å². The maximum Gasteiger partial charge on any atom is 0.317 e. The van der Waals surface area contributed by atoms with E-state index >= 15 is 0 Å². The number of fused-ring (bicyclic) bond motifs is 1. The van der Waals surface area contributed by atoms with Gasteiger partial charge in [0.05, 0.1) is 0 Å². The van der Waals surface area contributed by atoms with Crippen LogP contribution >= 0.6 is 11.3 Å². The van der Waals surface area contributed by atoms with Crippen molar-refractivity contribution in [3.05, 3.63) is 58.4 Å². The summed E-state index contributed by atoms with van der Waals surface area (Å²) in [4.78, 5) is 31.5. The van der Waals surface area contributed by atoms with Gasteiger partial charge in [0.2, 0.25) is 5.91 Å². The minimum atomic E-state index is -0.0474. The molecular weight excluding hydrogens is 408 g/mol. The van der Waals surface area contributed by atoms with Crippen LogP contribution in [0.1, 0.15) is 42.5 Å². The molecule has 3 N–H and O–H groups in total. The lowest BCUT2D eigenvalue weighted by atomic mass is 9.95. The smallest absolute Gasteiger partial charge is 0.317 e. The van der Waals surface area contributed by atoms with Crippen LogP contribution in [-0.2, 0) is 4.79 Å². The molecule has 0 bridgehead atoms. The van der Waals surface area contributed by atoms with Gasteiger partial charge in [-0.15, -0.1) is 11.3 Å². The molecule has 3 heterocycles. The Balaban J connectivity index is 1.38. The van der Waals surface area contributed by atoms with Crippen LogP contribution in [0.15, 0.2) is 48.0 Å². The third-order valence-corrected chi connectivity index (χ3v) is 7.03. The van der Waals surface area contributed by atoms with E-state index in [4.69, 9.17) is 0 Å². The molecular formula is C24H30N4O2S. The number of nitrogens with one attached hydrogen (secondary N) is 3. The molecule has 0 saturated carbocycles. The molecule has 0 unspecified atom stereocenters. The first-order valence-corrected chi connectivity index (χ1v) is 11.9. The average Bonchev–Trinajstić information content (AvgIpc) is 3.49. The SMILES string of the molecule is CCCNC(=O)C1CCN(C(=O)NC[C@H](c2cccs2)c2c[nH]c3ccccc23)CC1. The van der Waals surface area contributed by atoms with E-state index in [0.717, 1.165) is 31.3 Å². The van der Waals surface area contributed by atoms with E-state index in [0.29, 0.717) is 19.6 Å². The number of benzene rings is 1. The lowest BCUT2D eigenvalue weighted by molar-refractivity contribution is -0.126. The fourth-order valence-electron chi connectivity index (χ4n) is 4.27. The van der Waals surface area contributed by atoms with Crippen molar-refractivity contribution in [1.29, 1.82) is 0 Å². The number of hydrogen-bond acceptors (Lipinski definition) is 3. The Morgan fingerprint density at radius 3 is 2.71 bits per heavy atom. The first kappa shape index (κ1) is 21.4. The monoisotopic (exact) mass is 438 g/mol. The summed E-state index contributed by atoms with van der Waals surface area (Å²) in [5, 5.41) is 9.39. The number of urea groups is 1. The molecule has 164 valence electrons. The molecule has 1 aliphatic heterocycles. The van der Waals surface area contributed by atoms with Crippen molar-refractivity contribution >= 4 is 34.2 Å². The summed E-state index contributed by atoms with van der Waals surface area (Å²) in [6.45, 7) is 4.54. The number of aromatic nitrogens is 1. The predicted molar refractivity (Wildman–Crippen MR) is 125 cm³/mol. The van der Waals surface area contributed by atoms with E-state index in [-0.39, 0.29) is 23.8 Å². The van der Waals surface area contributed by atoms with Crippen molar-refractivity contribution in [3.8, 4) is 0 Å². The molecule has 7 heteroatoms. The lowest BCUT2D eigenvalue weighted by Gasteiger charge is -2.31. The van der Waals surface area contributed by atoms with Crippen LogP contribution in [0, 0.1) is 5.92 Å². The average molecular weight is 439 g/mol. The highest BCUT2D eigenvalue weighted by atomic mass is 32.1. The van der Waals surface area contributed by atoms with Crippen LogP contribution in [0.3, 0.4) is 0 Å². The molecule has 4 rings (SSSR count). The quantitative estimate of drug-likeness (QED) is 0.514. The summed E-state index contributed by atoms with van der Waals surface area (Å²) < 4.78 is 0. The second-order valence-electron chi connectivity index (χ2n) is 8.10. The number of amides is 3. The third-order valence-electron chi connectivity index (χ3n) is 6.04.